The van der Waals surface area contributed by atoms with Crippen molar-refractivity contribution in [3.05, 3.63) is 18.6 Å². The zero-order chi connectivity index (χ0) is 17.4. The number of rotatable bonds is 4. The van der Waals surface area contributed by atoms with Crippen molar-refractivity contribution in [1.29, 1.82) is 0 Å². The normalized spacial score (nSPS) is 31.1. The average Bonchev–Trinajstić information content (AvgIpc) is 3.20. The second kappa shape index (κ2) is 6.90. The highest BCUT2D eigenvalue weighted by Gasteiger charge is 2.36. The maximum atomic E-state index is 9.90. The molecule has 4 rings (SSSR count). The number of anilines is 1. The zero-order valence-electron chi connectivity index (χ0n) is 14.9. The van der Waals surface area contributed by atoms with Crippen LogP contribution in [0.4, 0.5) is 5.82 Å². The number of ether oxygens (including phenoxy) is 1. The molecule has 0 radical (unpaired) electrons. The van der Waals surface area contributed by atoms with Crippen LogP contribution in [-0.2, 0) is 4.74 Å². The van der Waals surface area contributed by atoms with Crippen molar-refractivity contribution in [3.63, 3.8) is 0 Å². The predicted octanol–water partition coefficient (Wildman–Crippen LogP) is 1.11. The first-order chi connectivity index (χ1) is 12.1. The van der Waals surface area contributed by atoms with E-state index in [0.717, 1.165) is 49.6 Å². The molecule has 2 saturated heterocycles. The SMILES string of the molecule is C[C@@H]1CN(C[C@@H]2CN(c3ncnc4[nH]ccc34)C[C@@H]2CO)C[C@H](C)O1. The summed E-state index contributed by atoms with van der Waals surface area (Å²) in [6.07, 6.45) is 4.06. The quantitative estimate of drug-likeness (QED) is 0.864. The molecule has 4 heterocycles. The molecule has 0 spiro atoms. The van der Waals surface area contributed by atoms with Crippen molar-refractivity contribution in [1.82, 2.24) is 19.9 Å². The molecule has 2 aromatic heterocycles. The van der Waals surface area contributed by atoms with Gasteiger partial charge in [0.05, 0.1) is 17.6 Å². The number of aromatic nitrogens is 3. The maximum Gasteiger partial charge on any atom is 0.142 e. The van der Waals surface area contributed by atoms with Crippen LogP contribution in [0, 0.1) is 11.8 Å². The summed E-state index contributed by atoms with van der Waals surface area (Å²) < 4.78 is 5.84. The molecule has 2 aliphatic rings. The van der Waals surface area contributed by atoms with E-state index in [4.69, 9.17) is 4.74 Å². The van der Waals surface area contributed by atoms with Crippen molar-refractivity contribution in [2.24, 2.45) is 11.8 Å². The molecule has 0 aliphatic carbocycles. The molecule has 0 bridgehead atoms. The Morgan fingerprint density at radius 1 is 1.16 bits per heavy atom. The Labute approximate surface area is 148 Å². The Morgan fingerprint density at radius 3 is 2.68 bits per heavy atom. The van der Waals surface area contributed by atoms with Crippen LogP contribution in [0.1, 0.15) is 13.8 Å². The topological polar surface area (TPSA) is 77.5 Å². The zero-order valence-corrected chi connectivity index (χ0v) is 14.9. The number of morpholine rings is 1. The molecule has 2 N–H and O–H groups in total. The highest BCUT2D eigenvalue weighted by atomic mass is 16.5. The summed E-state index contributed by atoms with van der Waals surface area (Å²) >= 11 is 0. The van der Waals surface area contributed by atoms with Crippen LogP contribution >= 0.6 is 0 Å². The summed E-state index contributed by atoms with van der Waals surface area (Å²) in [6.45, 7) is 9.19. The lowest BCUT2D eigenvalue weighted by Crippen LogP contribution is -2.48. The fraction of sp³-hybridized carbons (Fsp3) is 0.667. The van der Waals surface area contributed by atoms with Crippen molar-refractivity contribution < 1.29 is 9.84 Å². The highest BCUT2D eigenvalue weighted by molar-refractivity contribution is 5.87. The molecule has 2 fully saturated rings. The van der Waals surface area contributed by atoms with Gasteiger partial charge in [-0.3, -0.25) is 4.90 Å². The molecular weight excluding hydrogens is 318 g/mol. The molecule has 7 nitrogen and oxygen atoms in total. The van der Waals surface area contributed by atoms with Crippen LogP contribution < -0.4 is 4.90 Å². The lowest BCUT2D eigenvalue weighted by molar-refractivity contribution is -0.0725. The molecule has 2 aromatic rings. The number of H-pyrrole nitrogens is 1. The monoisotopic (exact) mass is 345 g/mol. The summed E-state index contributed by atoms with van der Waals surface area (Å²) in [5.41, 5.74) is 0.866. The van der Waals surface area contributed by atoms with E-state index in [1.807, 2.05) is 12.3 Å². The first kappa shape index (κ1) is 16.8. The van der Waals surface area contributed by atoms with E-state index in [1.54, 1.807) is 6.33 Å². The van der Waals surface area contributed by atoms with E-state index in [2.05, 4.69) is 38.6 Å². The third kappa shape index (κ3) is 3.36. The van der Waals surface area contributed by atoms with E-state index in [1.165, 1.54) is 0 Å². The van der Waals surface area contributed by atoms with Gasteiger partial charge >= 0.3 is 0 Å². The fourth-order valence-electron chi connectivity index (χ4n) is 4.40. The lowest BCUT2D eigenvalue weighted by atomic mass is 9.96. The molecule has 0 aromatic carbocycles. The molecule has 0 saturated carbocycles. The first-order valence-corrected chi connectivity index (χ1v) is 9.15. The van der Waals surface area contributed by atoms with E-state index in [0.29, 0.717) is 5.92 Å². The average molecular weight is 345 g/mol. The molecule has 25 heavy (non-hydrogen) atoms. The first-order valence-electron chi connectivity index (χ1n) is 9.15. The summed E-state index contributed by atoms with van der Waals surface area (Å²) in [7, 11) is 0. The largest absolute Gasteiger partial charge is 0.396 e. The van der Waals surface area contributed by atoms with Crippen molar-refractivity contribution in [2.75, 3.05) is 44.2 Å². The van der Waals surface area contributed by atoms with Crippen LogP contribution in [0.5, 0.6) is 0 Å². The van der Waals surface area contributed by atoms with Crippen molar-refractivity contribution in [3.8, 4) is 0 Å². The van der Waals surface area contributed by atoms with E-state index >= 15 is 0 Å². The van der Waals surface area contributed by atoms with Gasteiger partial charge in [-0.15, -0.1) is 0 Å². The van der Waals surface area contributed by atoms with Crippen LogP contribution in [0.3, 0.4) is 0 Å². The molecular formula is C18H27N5O2. The van der Waals surface area contributed by atoms with Crippen LogP contribution in [0.25, 0.3) is 11.0 Å². The van der Waals surface area contributed by atoms with Gasteiger partial charge in [0.1, 0.15) is 17.8 Å². The van der Waals surface area contributed by atoms with Crippen LogP contribution in [0.2, 0.25) is 0 Å². The van der Waals surface area contributed by atoms with E-state index in [-0.39, 0.29) is 24.7 Å². The molecule has 4 atom stereocenters. The third-order valence-electron chi connectivity index (χ3n) is 5.43. The number of aliphatic hydroxyl groups is 1. The maximum absolute atomic E-state index is 9.90. The number of nitrogens with zero attached hydrogens (tertiary/aromatic N) is 4. The van der Waals surface area contributed by atoms with Gasteiger partial charge in [0.25, 0.3) is 0 Å². The van der Waals surface area contributed by atoms with E-state index in [9.17, 15) is 5.11 Å². The predicted molar refractivity (Wildman–Crippen MR) is 96.6 cm³/mol. The van der Waals surface area contributed by atoms with Gasteiger partial charge < -0.3 is 19.7 Å². The Balaban J connectivity index is 1.50. The second-order valence-electron chi connectivity index (χ2n) is 7.52. The smallest absolute Gasteiger partial charge is 0.142 e. The number of hydrogen-bond acceptors (Lipinski definition) is 6. The number of fused-ring (bicyclic) bond motifs is 1. The van der Waals surface area contributed by atoms with Gasteiger partial charge in [-0.25, -0.2) is 9.97 Å². The summed E-state index contributed by atoms with van der Waals surface area (Å²) in [6, 6.07) is 2.03. The minimum Gasteiger partial charge on any atom is -0.396 e. The standard InChI is InChI=1S/C18H27N5O2/c1-12-5-22(6-13(2)25-12)7-14-8-23(9-15(14)10-24)18-16-3-4-19-17(16)20-11-21-18/h3-4,11-15,24H,5-10H2,1-2H3,(H,19,20,21)/t12-,13+,14-,15-/m1/s1. The number of hydrogen-bond donors (Lipinski definition) is 2. The minimum atomic E-state index is 0.220. The molecule has 0 unspecified atom stereocenters. The van der Waals surface area contributed by atoms with Gasteiger partial charge in [-0.05, 0) is 25.8 Å². The van der Waals surface area contributed by atoms with Gasteiger partial charge in [0, 0.05) is 51.4 Å². The minimum absolute atomic E-state index is 0.220. The van der Waals surface area contributed by atoms with Gasteiger partial charge in [0.15, 0.2) is 0 Å². The fourth-order valence-corrected chi connectivity index (χ4v) is 4.40. The van der Waals surface area contributed by atoms with Gasteiger partial charge in [0.2, 0.25) is 0 Å². The van der Waals surface area contributed by atoms with Crippen LogP contribution in [0.15, 0.2) is 18.6 Å². The summed E-state index contributed by atoms with van der Waals surface area (Å²) in [5, 5.41) is 10.9. The van der Waals surface area contributed by atoms with Gasteiger partial charge in [-0.2, -0.15) is 0 Å². The van der Waals surface area contributed by atoms with Crippen molar-refractivity contribution in [2.45, 2.75) is 26.1 Å². The Kier molecular flexibility index (Phi) is 4.62. The molecule has 2 aliphatic heterocycles. The Hall–Kier alpha value is -1.70. The summed E-state index contributed by atoms with van der Waals surface area (Å²) in [5.74, 6) is 1.68. The lowest BCUT2D eigenvalue weighted by Gasteiger charge is -2.37. The van der Waals surface area contributed by atoms with Crippen LogP contribution in [-0.4, -0.2) is 76.5 Å². The van der Waals surface area contributed by atoms with Crippen molar-refractivity contribution >= 4 is 16.9 Å². The number of aliphatic hydroxyl groups excluding tert-OH is 1. The molecule has 7 heteroatoms. The Morgan fingerprint density at radius 2 is 1.92 bits per heavy atom. The summed E-state index contributed by atoms with van der Waals surface area (Å²) in [4.78, 5) is 16.7. The number of nitrogens with one attached hydrogen (secondary N) is 1. The number of aromatic amines is 1. The van der Waals surface area contributed by atoms with E-state index < -0.39 is 0 Å². The molecule has 0 amide bonds. The van der Waals surface area contributed by atoms with Gasteiger partial charge in [-0.1, -0.05) is 0 Å². The Bertz CT molecular complexity index is 710. The highest BCUT2D eigenvalue weighted by Crippen LogP contribution is 2.31. The third-order valence-corrected chi connectivity index (χ3v) is 5.43. The second-order valence-corrected chi connectivity index (χ2v) is 7.52. The molecule has 136 valence electrons.